The third-order valence-corrected chi connectivity index (χ3v) is 5.72. The molecule has 0 amide bonds. The smallest absolute Gasteiger partial charge is 0.240 e. The van der Waals surface area contributed by atoms with Crippen molar-refractivity contribution in [1.29, 1.82) is 0 Å². The van der Waals surface area contributed by atoms with Crippen LogP contribution in [0.4, 0.5) is 0 Å². The van der Waals surface area contributed by atoms with Crippen molar-refractivity contribution in [3.8, 4) is 11.5 Å². The van der Waals surface area contributed by atoms with Crippen LogP contribution in [-0.4, -0.2) is 40.8 Å². The van der Waals surface area contributed by atoms with Gasteiger partial charge >= 0.3 is 0 Å². The number of aliphatic imine (C=N–C) groups is 1. The predicted octanol–water partition coefficient (Wildman–Crippen LogP) is 1.76. The third kappa shape index (κ3) is 5.85. The fraction of sp³-hybridized carbons (Fsp3) is 0.350. The Labute approximate surface area is 171 Å². The van der Waals surface area contributed by atoms with Gasteiger partial charge in [-0.25, -0.2) is 18.1 Å². The molecule has 8 nitrogen and oxygen atoms in total. The zero-order chi connectivity index (χ0) is 20.7. The van der Waals surface area contributed by atoms with Gasteiger partial charge in [0.05, 0.1) is 11.4 Å². The number of sulfonamides is 1. The summed E-state index contributed by atoms with van der Waals surface area (Å²) in [6, 6.07) is 12.5. The molecule has 1 aliphatic rings. The number of ether oxygens (including phenoxy) is 2. The minimum Gasteiger partial charge on any atom is -0.454 e. The monoisotopic (exact) mass is 418 g/mol. The first-order chi connectivity index (χ1) is 14.0. The van der Waals surface area contributed by atoms with Gasteiger partial charge in [0.2, 0.25) is 16.8 Å². The number of aryl methyl sites for hydroxylation is 1. The number of guanidine groups is 1. The van der Waals surface area contributed by atoms with E-state index < -0.39 is 10.0 Å². The molecule has 1 aliphatic heterocycles. The summed E-state index contributed by atoms with van der Waals surface area (Å²) >= 11 is 0. The molecular weight excluding hydrogens is 392 g/mol. The van der Waals surface area contributed by atoms with E-state index in [0.717, 1.165) is 22.6 Å². The van der Waals surface area contributed by atoms with Gasteiger partial charge in [-0.05, 0) is 43.7 Å². The molecule has 0 atom stereocenters. The Hall–Kier alpha value is -2.78. The maximum atomic E-state index is 12.3. The van der Waals surface area contributed by atoms with E-state index in [2.05, 4.69) is 20.3 Å². The number of hydrogen-bond acceptors (Lipinski definition) is 5. The number of nitrogens with one attached hydrogen (secondary N) is 3. The molecule has 0 spiro atoms. The number of rotatable bonds is 8. The summed E-state index contributed by atoms with van der Waals surface area (Å²) < 4.78 is 37.9. The van der Waals surface area contributed by atoms with Crippen LogP contribution in [0.15, 0.2) is 52.4 Å². The highest BCUT2D eigenvalue weighted by molar-refractivity contribution is 7.89. The van der Waals surface area contributed by atoms with Gasteiger partial charge < -0.3 is 20.1 Å². The second kappa shape index (κ2) is 9.62. The van der Waals surface area contributed by atoms with Crippen molar-refractivity contribution < 1.29 is 17.9 Å². The van der Waals surface area contributed by atoms with Crippen LogP contribution in [0.1, 0.15) is 18.1 Å². The summed E-state index contributed by atoms with van der Waals surface area (Å²) in [6.07, 6.45) is 0. The molecule has 2 aromatic carbocycles. The molecule has 9 heteroatoms. The van der Waals surface area contributed by atoms with Gasteiger partial charge in [-0.15, -0.1) is 0 Å². The van der Waals surface area contributed by atoms with Crippen molar-refractivity contribution in [2.75, 3.05) is 26.4 Å². The SMILES string of the molecule is CCNC(=NCc1ccc2c(c1)OCO2)NCCNS(=O)(=O)c1ccc(C)cc1. The van der Waals surface area contributed by atoms with Crippen LogP contribution >= 0.6 is 0 Å². The maximum absolute atomic E-state index is 12.3. The normalized spacial score (nSPS) is 13.4. The van der Waals surface area contributed by atoms with Crippen molar-refractivity contribution >= 4 is 16.0 Å². The molecule has 0 bridgehead atoms. The molecule has 0 saturated carbocycles. The molecule has 0 fully saturated rings. The molecule has 3 rings (SSSR count). The Bertz CT molecular complexity index is 959. The van der Waals surface area contributed by atoms with Crippen LogP contribution in [0.3, 0.4) is 0 Å². The number of nitrogens with zero attached hydrogens (tertiary/aromatic N) is 1. The van der Waals surface area contributed by atoms with E-state index in [1.807, 2.05) is 32.0 Å². The van der Waals surface area contributed by atoms with Gasteiger partial charge in [-0.1, -0.05) is 23.8 Å². The summed E-state index contributed by atoms with van der Waals surface area (Å²) in [6.45, 7) is 5.92. The van der Waals surface area contributed by atoms with Crippen LogP contribution in [0.25, 0.3) is 0 Å². The lowest BCUT2D eigenvalue weighted by Crippen LogP contribution is -2.41. The fourth-order valence-corrected chi connectivity index (χ4v) is 3.75. The van der Waals surface area contributed by atoms with E-state index in [9.17, 15) is 8.42 Å². The molecule has 0 unspecified atom stereocenters. The average molecular weight is 419 g/mol. The Morgan fingerprint density at radius 2 is 1.79 bits per heavy atom. The number of hydrogen-bond donors (Lipinski definition) is 3. The standard InChI is InChI=1S/C20H26N4O4S/c1-3-21-20(23-13-16-6-9-18-19(12-16)28-14-27-18)22-10-11-24-29(25,26)17-7-4-15(2)5-8-17/h4-9,12,24H,3,10-11,13-14H2,1-2H3,(H2,21,22,23). The summed E-state index contributed by atoms with van der Waals surface area (Å²) in [5.41, 5.74) is 2.01. The number of fused-ring (bicyclic) bond motifs is 1. The zero-order valence-electron chi connectivity index (χ0n) is 16.6. The Balaban J connectivity index is 1.51. The van der Waals surface area contributed by atoms with Crippen LogP contribution in [-0.2, 0) is 16.6 Å². The summed E-state index contributed by atoms with van der Waals surface area (Å²) in [4.78, 5) is 4.79. The zero-order valence-corrected chi connectivity index (χ0v) is 17.4. The van der Waals surface area contributed by atoms with E-state index in [-0.39, 0.29) is 18.2 Å². The average Bonchev–Trinajstić information content (AvgIpc) is 3.17. The lowest BCUT2D eigenvalue weighted by molar-refractivity contribution is 0.174. The molecule has 1 heterocycles. The lowest BCUT2D eigenvalue weighted by atomic mass is 10.2. The highest BCUT2D eigenvalue weighted by Crippen LogP contribution is 2.32. The quantitative estimate of drug-likeness (QED) is 0.343. The number of benzene rings is 2. The topological polar surface area (TPSA) is 101 Å². The second-order valence-corrected chi connectivity index (χ2v) is 8.29. The van der Waals surface area contributed by atoms with Crippen molar-refractivity contribution in [3.63, 3.8) is 0 Å². The van der Waals surface area contributed by atoms with Crippen molar-refractivity contribution in [2.24, 2.45) is 4.99 Å². The summed E-state index contributed by atoms with van der Waals surface area (Å²) in [7, 11) is -3.52. The van der Waals surface area contributed by atoms with Crippen LogP contribution < -0.4 is 24.8 Å². The van der Waals surface area contributed by atoms with Gasteiger partial charge in [-0.2, -0.15) is 0 Å². The van der Waals surface area contributed by atoms with E-state index in [0.29, 0.717) is 25.6 Å². The second-order valence-electron chi connectivity index (χ2n) is 6.52. The van der Waals surface area contributed by atoms with Crippen LogP contribution in [0.5, 0.6) is 11.5 Å². The maximum Gasteiger partial charge on any atom is 0.240 e. The Kier molecular flexibility index (Phi) is 6.95. The van der Waals surface area contributed by atoms with Crippen molar-refractivity contribution in [3.05, 3.63) is 53.6 Å². The first kappa shape index (κ1) is 20.9. The Morgan fingerprint density at radius 3 is 2.55 bits per heavy atom. The Morgan fingerprint density at radius 1 is 1.03 bits per heavy atom. The highest BCUT2D eigenvalue weighted by Gasteiger charge is 2.14. The van der Waals surface area contributed by atoms with Crippen molar-refractivity contribution in [1.82, 2.24) is 15.4 Å². The van der Waals surface area contributed by atoms with Gasteiger partial charge in [0, 0.05) is 19.6 Å². The van der Waals surface area contributed by atoms with Crippen molar-refractivity contribution in [2.45, 2.75) is 25.3 Å². The van der Waals surface area contributed by atoms with Gasteiger partial charge in [-0.3, -0.25) is 0 Å². The van der Waals surface area contributed by atoms with E-state index >= 15 is 0 Å². The minimum absolute atomic E-state index is 0.241. The molecule has 0 saturated heterocycles. The largest absolute Gasteiger partial charge is 0.454 e. The molecule has 0 radical (unpaired) electrons. The fourth-order valence-electron chi connectivity index (χ4n) is 2.72. The van der Waals surface area contributed by atoms with E-state index in [4.69, 9.17) is 9.47 Å². The molecule has 156 valence electrons. The molecule has 3 N–H and O–H groups in total. The first-order valence-corrected chi connectivity index (χ1v) is 10.9. The summed E-state index contributed by atoms with van der Waals surface area (Å²) in [5, 5.41) is 6.28. The van der Waals surface area contributed by atoms with Crippen LogP contribution in [0.2, 0.25) is 0 Å². The molecule has 0 aliphatic carbocycles. The lowest BCUT2D eigenvalue weighted by Gasteiger charge is -2.12. The van der Waals surface area contributed by atoms with Gasteiger partial charge in [0.15, 0.2) is 17.5 Å². The first-order valence-electron chi connectivity index (χ1n) is 9.45. The minimum atomic E-state index is -3.52. The van der Waals surface area contributed by atoms with E-state index in [1.165, 1.54) is 0 Å². The van der Waals surface area contributed by atoms with Gasteiger partial charge in [0.25, 0.3) is 0 Å². The molecule has 29 heavy (non-hydrogen) atoms. The van der Waals surface area contributed by atoms with E-state index in [1.54, 1.807) is 24.3 Å². The molecule has 2 aromatic rings. The highest BCUT2D eigenvalue weighted by atomic mass is 32.2. The summed E-state index contributed by atoms with van der Waals surface area (Å²) in [5.74, 6) is 2.07. The van der Waals surface area contributed by atoms with Gasteiger partial charge in [0.1, 0.15) is 0 Å². The molecule has 0 aromatic heterocycles. The third-order valence-electron chi connectivity index (χ3n) is 4.24. The predicted molar refractivity (Wildman–Crippen MR) is 112 cm³/mol. The molecular formula is C20H26N4O4S. The van der Waals surface area contributed by atoms with Crippen LogP contribution in [0, 0.1) is 6.92 Å².